The van der Waals surface area contributed by atoms with Crippen molar-refractivity contribution in [3.05, 3.63) is 23.2 Å². The zero-order chi connectivity index (χ0) is 11.7. The van der Waals surface area contributed by atoms with E-state index in [-0.39, 0.29) is 0 Å². The molecule has 2 aliphatic rings. The zero-order valence-corrected chi connectivity index (χ0v) is 11.1. The van der Waals surface area contributed by atoms with Crippen molar-refractivity contribution in [2.24, 2.45) is 0 Å². The summed E-state index contributed by atoms with van der Waals surface area (Å²) in [4.78, 5) is 4.72. The van der Waals surface area contributed by atoms with Gasteiger partial charge in [-0.3, -0.25) is 4.90 Å². The highest BCUT2D eigenvalue weighted by Gasteiger charge is 2.23. The highest BCUT2D eigenvalue weighted by atomic mass is 35.5. The summed E-state index contributed by atoms with van der Waals surface area (Å²) in [7, 11) is 0. The zero-order valence-electron chi connectivity index (χ0n) is 9.56. The molecule has 0 radical (unpaired) electrons. The van der Waals surface area contributed by atoms with Crippen LogP contribution in [0.5, 0.6) is 5.75 Å². The van der Waals surface area contributed by atoms with Gasteiger partial charge in [0, 0.05) is 29.6 Å². The third-order valence-corrected chi connectivity index (χ3v) is 4.29. The Balaban J connectivity index is 1.72. The predicted octanol–water partition coefficient (Wildman–Crippen LogP) is 2.50. The average Bonchev–Trinajstić information content (AvgIpc) is 2.73. The molecule has 1 fully saturated rings. The Kier molecular flexibility index (Phi) is 3.36. The minimum atomic E-state index is 0.638. The maximum Gasteiger partial charge on any atom is 0.162 e. The van der Waals surface area contributed by atoms with Crippen LogP contribution in [-0.2, 0) is 0 Å². The number of thioether (sulfide) groups is 1. The average molecular weight is 271 g/mol. The predicted molar refractivity (Wildman–Crippen MR) is 73.2 cm³/mol. The van der Waals surface area contributed by atoms with E-state index in [4.69, 9.17) is 16.3 Å². The van der Waals surface area contributed by atoms with Crippen molar-refractivity contribution >= 4 is 29.1 Å². The molecular weight excluding hydrogens is 256 g/mol. The second-order valence-corrected chi connectivity index (χ2v) is 5.96. The van der Waals surface area contributed by atoms with Crippen LogP contribution >= 0.6 is 23.4 Å². The molecule has 2 aliphatic heterocycles. The van der Waals surface area contributed by atoms with Gasteiger partial charge in [0.25, 0.3) is 0 Å². The summed E-state index contributed by atoms with van der Waals surface area (Å²) < 4.78 is 5.64. The molecule has 1 aromatic rings. The lowest BCUT2D eigenvalue weighted by Crippen LogP contribution is -2.42. The van der Waals surface area contributed by atoms with Gasteiger partial charge in [0.05, 0.1) is 12.4 Å². The van der Waals surface area contributed by atoms with Crippen LogP contribution in [0.1, 0.15) is 0 Å². The van der Waals surface area contributed by atoms with E-state index in [1.807, 2.05) is 30.0 Å². The molecule has 2 heterocycles. The monoisotopic (exact) mass is 270 g/mol. The van der Waals surface area contributed by atoms with Gasteiger partial charge >= 0.3 is 0 Å². The van der Waals surface area contributed by atoms with E-state index in [2.05, 4.69) is 9.80 Å². The summed E-state index contributed by atoms with van der Waals surface area (Å²) in [5, 5.41) is 0.772. The first kappa shape index (κ1) is 11.5. The third kappa shape index (κ3) is 2.49. The summed E-state index contributed by atoms with van der Waals surface area (Å²) in [5.41, 5.74) is 1.12. The fraction of sp³-hybridized carbons (Fsp3) is 0.500. The van der Waals surface area contributed by atoms with Crippen LogP contribution in [0.4, 0.5) is 5.69 Å². The van der Waals surface area contributed by atoms with Crippen LogP contribution in [0.25, 0.3) is 0 Å². The largest absolute Gasteiger partial charge is 0.471 e. The van der Waals surface area contributed by atoms with E-state index >= 15 is 0 Å². The van der Waals surface area contributed by atoms with Crippen molar-refractivity contribution < 1.29 is 4.74 Å². The number of rotatable bonds is 2. The molecule has 3 rings (SSSR count). The number of ether oxygens (including phenoxy) is 1. The molecule has 0 bridgehead atoms. The Labute approximate surface area is 111 Å². The number of halogens is 1. The van der Waals surface area contributed by atoms with Crippen molar-refractivity contribution in [1.29, 1.82) is 0 Å². The van der Waals surface area contributed by atoms with Crippen LogP contribution in [0, 0.1) is 0 Å². The minimum absolute atomic E-state index is 0.638. The summed E-state index contributed by atoms with van der Waals surface area (Å²) >= 11 is 8.06. The van der Waals surface area contributed by atoms with E-state index in [1.165, 1.54) is 11.5 Å². The molecule has 0 aromatic heterocycles. The number of anilines is 1. The molecule has 92 valence electrons. The summed E-state index contributed by atoms with van der Waals surface area (Å²) in [6.45, 7) is 3.90. The molecule has 0 aliphatic carbocycles. The van der Waals surface area contributed by atoms with Gasteiger partial charge in [0.2, 0.25) is 0 Å². The minimum Gasteiger partial charge on any atom is -0.471 e. The topological polar surface area (TPSA) is 15.7 Å². The van der Waals surface area contributed by atoms with Crippen LogP contribution in [0.15, 0.2) is 18.2 Å². The number of hydrogen-bond acceptors (Lipinski definition) is 4. The van der Waals surface area contributed by atoms with Gasteiger partial charge < -0.3 is 9.64 Å². The Morgan fingerprint density at radius 1 is 1.29 bits per heavy atom. The first-order valence-electron chi connectivity index (χ1n) is 5.80. The molecule has 3 nitrogen and oxygen atoms in total. The molecule has 1 aromatic carbocycles. The summed E-state index contributed by atoms with van der Waals surface area (Å²) in [5.74, 6) is 3.41. The fourth-order valence-corrected chi connectivity index (χ4v) is 3.32. The lowest BCUT2D eigenvalue weighted by Gasteiger charge is -2.30. The van der Waals surface area contributed by atoms with Gasteiger partial charge in [-0.05, 0) is 18.2 Å². The maximum atomic E-state index is 6.03. The van der Waals surface area contributed by atoms with Gasteiger partial charge in [-0.25, -0.2) is 0 Å². The van der Waals surface area contributed by atoms with Crippen LogP contribution in [0.2, 0.25) is 5.02 Å². The quantitative estimate of drug-likeness (QED) is 0.820. The van der Waals surface area contributed by atoms with Crippen LogP contribution in [-0.4, -0.2) is 42.9 Å². The van der Waals surface area contributed by atoms with Gasteiger partial charge in [0.1, 0.15) is 5.75 Å². The molecule has 0 atom stereocenters. The van der Waals surface area contributed by atoms with Gasteiger partial charge in [0.15, 0.2) is 6.73 Å². The van der Waals surface area contributed by atoms with E-state index < -0.39 is 0 Å². The van der Waals surface area contributed by atoms with Crippen molar-refractivity contribution in [2.75, 3.05) is 42.9 Å². The molecule has 0 amide bonds. The van der Waals surface area contributed by atoms with Crippen molar-refractivity contribution in [3.8, 4) is 5.75 Å². The molecule has 0 N–H and O–H groups in total. The highest BCUT2D eigenvalue weighted by Crippen LogP contribution is 2.36. The van der Waals surface area contributed by atoms with Crippen molar-refractivity contribution in [1.82, 2.24) is 4.90 Å². The first-order valence-corrected chi connectivity index (χ1v) is 7.33. The second-order valence-electron chi connectivity index (χ2n) is 4.30. The fourth-order valence-electron chi connectivity index (χ4n) is 2.18. The van der Waals surface area contributed by atoms with E-state index in [1.54, 1.807) is 0 Å². The smallest absolute Gasteiger partial charge is 0.162 e. The lowest BCUT2D eigenvalue weighted by atomic mass is 10.3. The Hall–Kier alpha value is -0.580. The van der Waals surface area contributed by atoms with Gasteiger partial charge in [-0.15, -0.1) is 0 Å². The normalized spacial score (nSPS) is 20.2. The molecule has 0 saturated carbocycles. The van der Waals surface area contributed by atoms with Gasteiger partial charge in [-0.2, -0.15) is 11.8 Å². The first-order chi connectivity index (χ1) is 8.33. The molecule has 0 unspecified atom stereocenters. The Morgan fingerprint density at radius 3 is 2.94 bits per heavy atom. The van der Waals surface area contributed by atoms with E-state index in [0.717, 1.165) is 36.2 Å². The number of benzene rings is 1. The maximum absolute atomic E-state index is 6.03. The van der Waals surface area contributed by atoms with E-state index in [0.29, 0.717) is 6.73 Å². The van der Waals surface area contributed by atoms with Crippen LogP contribution < -0.4 is 9.64 Å². The number of hydrogen-bond donors (Lipinski definition) is 0. The highest BCUT2D eigenvalue weighted by molar-refractivity contribution is 7.99. The standard InChI is InChI=1S/C12H15ClN2OS/c13-10-1-2-12-11(7-10)15(9-16-12)8-14-3-5-17-6-4-14/h1-2,7H,3-6,8-9H2. The van der Waals surface area contributed by atoms with Crippen LogP contribution in [0.3, 0.4) is 0 Å². The summed E-state index contributed by atoms with van der Waals surface area (Å²) in [6, 6.07) is 5.81. The number of fused-ring (bicyclic) bond motifs is 1. The second kappa shape index (κ2) is 4.96. The Morgan fingerprint density at radius 2 is 2.12 bits per heavy atom. The van der Waals surface area contributed by atoms with Crippen molar-refractivity contribution in [3.63, 3.8) is 0 Å². The molecule has 5 heteroatoms. The molecule has 0 spiro atoms. The molecular formula is C12H15ClN2OS. The third-order valence-electron chi connectivity index (χ3n) is 3.11. The number of nitrogens with zero attached hydrogens (tertiary/aromatic N) is 2. The molecule has 17 heavy (non-hydrogen) atoms. The molecule has 1 saturated heterocycles. The SMILES string of the molecule is Clc1ccc2c(c1)N(CN1CCSCC1)CO2. The Bertz CT molecular complexity index is 409. The van der Waals surface area contributed by atoms with E-state index in [9.17, 15) is 0 Å². The van der Waals surface area contributed by atoms with Crippen molar-refractivity contribution in [2.45, 2.75) is 0 Å². The van der Waals surface area contributed by atoms with Gasteiger partial charge in [-0.1, -0.05) is 11.6 Å². The lowest BCUT2D eigenvalue weighted by molar-refractivity contribution is 0.270. The summed E-state index contributed by atoms with van der Waals surface area (Å²) in [6.07, 6.45) is 0.